The molecule has 1 aliphatic heterocycles. The molecule has 0 saturated carbocycles. The molecule has 0 radical (unpaired) electrons. The molecule has 0 bridgehead atoms. The van der Waals surface area contributed by atoms with E-state index in [0.717, 1.165) is 49.9 Å². The van der Waals surface area contributed by atoms with Gasteiger partial charge in [0.1, 0.15) is 0 Å². The highest BCUT2D eigenvalue weighted by Crippen LogP contribution is 2.24. The largest absolute Gasteiger partial charge is 0.393 e. The first-order chi connectivity index (χ1) is 14.9. The van der Waals surface area contributed by atoms with E-state index in [9.17, 15) is 9.90 Å². The molecule has 31 heavy (non-hydrogen) atoms. The number of unbranched alkanes of at least 4 members (excludes halogenated alkanes) is 1. The Morgan fingerprint density at radius 3 is 2.77 bits per heavy atom. The number of nitrogens with one attached hydrogen (secondary N) is 1. The third-order valence-electron chi connectivity index (χ3n) is 6.13. The number of aliphatic hydroxyl groups excluding tert-OH is 1. The number of aromatic nitrogens is 2. The molecule has 7 heteroatoms. The summed E-state index contributed by atoms with van der Waals surface area (Å²) in [4.78, 5) is 20.6. The van der Waals surface area contributed by atoms with Crippen LogP contribution in [-0.2, 0) is 11.3 Å². The van der Waals surface area contributed by atoms with E-state index in [1.54, 1.807) is 7.11 Å². The van der Waals surface area contributed by atoms with Crippen LogP contribution in [0.2, 0.25) is 0 Å². The number of benzene rings is 1. The van der Waals surface area contributed by atoms with E-state index in [-0.39, 0.29) is 17.9 Å². The number of hydrogen-bond donors (Lipinski definition) is 2. The van der Waals surface area contributed by atoms with Crippen LogP contribution in [0, 0.1) is 11.8 Å². The topological polar surface area (TPSA) is 79.6 Å². The monoisotopic (exact) mass is 430 g/mol. The Labute approximate surface area is 185 Å². The minimum absolute atomic E-state index is 0.0188. The van der Waals surface area contributed by atoms with E-state index >= 15 is 0 Å². The SMILES string of the molecule is COCCCCn1c(C(=O)N(CC(C)C)C2CNC[C@@H](C(C)O)C2)nc2ccccc21. The van der Waals surface area contributed by atoms with Crippen molar-refractivity contribution < 1.29 is 14.6 Å². The van der Waals surface area contributed by atoms with Gasteiger partial charge in [-0.2, -0.15) is 0 Å². The molecule has 2 aromatic rings. The first-order valence-corrected chi connectivity index (χ1v) is 11.6. The van der Waals surface area contributed by atoms with Crippen molar-refractivity contribution >= 4 is 16.9 Å². The number of carbonyl (C=O) groups excluding carboxylic acids is 1. The zero-order valence-corrected chi connectivity index (χ0v) is 19.4. The quantitative estimate of drug-likeness (QED) is 0.567. The molecular weight excluding hydrogens is 392 g/mol. The van der Waals surface area contributed by atoms with Gasteiger partial charge in [-0.1, -0.05) is 26.0 Å². The number of rotatable bonds is 10. The summed E-state index contributed by atoms with van der Waals surface area (Å²) in [5.74, 6) is 0.984. The van der Waals surface area contributed by atoms with Gasteiger partial charge in [0.2, 0.25) is 0 Å². The van der Waals surface area contributed by atoms with Gasteiger partial charge in [-0.3, -0.25) is 4.79 Å². The first kappa shape index (κ1) is 23.7. The molecule has 0 aliphatic carbocycles. The van der Waals surface area contributed by atoms with Gasteiger partial charge in [0.05, 0.1) is 17.1 Å². The Bertz CT molecular complexity index is 848. The highest BCUT2D eigenvalue weighted by Gasteiger charge is 2.34. The second kappa shape index (κ2) is 11.1. The number of aryl methyl sites for hydroxylation is 1. The summed E-state index contributed by atoms with van der Waals surface area (Å²) in [6, 6.07) is 8.01. The Kier molecular flexibility index (Phi) is 8.46. The van der Waals surface area contributed by atoms with Crippen molar-refractivity contribution in [2.45, 2.75) is 58.7 Å². The zero-order chi connectivity index (χ0) is 22.4. The summed E-state index contributed by atoms with van der Waals surface area (Å²) < 4.78 is 7.26. The molecule has 7 nitrogen and oxygen atoms in total. The number of amides is 1. The number of piperidine rings is 1. The van der Waals surface area contributed by atoms with Crippen molar-refractivity contribution in [2.24, 2.45) is 11.8 Å². The van der Waals surface area contributed by atoms with Crippen LogP contribution in [-0.4, -0.2) is 71.0 Å². The van der Waals surface area contributed by atoms with Crippen LogP contribution in [0.15, 0.2) is 24.3 Å². The van der Waals surface area contributed by atoms with E-state index < -0.39 is 6.10 Å². The summed E-state index contributed by atoms with van der Waals surface area (Å²) in [5, 5.41) is 13.5. The molecule has 2 heterocycles. The summed E-state index contributed by atoms with van der Waals surface area (Å²) in [6.45, 7) is 9.76. The number of hydrogen-bond acceptors (Lipinski definition) is 5. The number of aliphatic hydroxyl groups is 1. The Hall–Kier alpha value is -1.96. The van der Waals surface area contributed by atoms with Gasteiger partial charge in [0, 0.05) is 45.9 Å². The Balaban J connectivity index is 1.91. The first-order valence-electron chi connectivity index (χ1n) is 11.6. The lowest BCUT2D eigenvalue weighted by molar-refractivity contribution is 0.0435. The number of carbonyl (C=O) groups is 1. The summed E-state index contributed by atoms with van der Waals surface area (Å²) in [5.41, 5.74) is 1.85. The Morgan fingerprint density at radius 1 is 1.29 bits per heavy atom. The Morgan fingerprint density at radius 2 is 2.06 bits per heavy atom. The molecule has 3 atom stereocenters. The maximum atomic E-state index is 13.9. The predicted octanol–water partition coefficient (Wildman–Crippen LogP) is 2.92. The fraction of sp³-hybridized carbons (Fsp3) is 0.667. The lowest BCUT2D eigenvalue weighted by Gasteiger charge is -2.39. The average Bonchev–Trinajstić information content (AvgIpc) is 3.13. The molecule has 1 aliphatic rings. The molecule has 1 aromatic carbocycles. The molecule has 2 N–H and O–H groups in total. The smallest absolute Gasteiger partial charge is 0.290 e. The highest BCUT2D eigenvalue weighted by molar-refractivity contribution is 5.95. The summed E-state index contributed by atoms with van der Waals surface area (Å²) >= 11 is 0. The van der Waals surface area contributed by atoms with Gasteiger partial charge in [-0.15, -0.1) is 0 Å². The van der Waals surface area contributed by atoms with E-state index in [2.05, 4.69) is 23.7 Å². The van der Waals surface area contributed by atoms with Gasteiger partial charge in [0.15, 0.2) is 5.82 Å². The maximum Gasteiger partial charge on any atom is 0.290 e. The van der Waals surface area contributed by atoms with Crippen LogP contribution in [0.25, 0.3) is 11.0 Å². The normalized spacial score (nSPS) is 20.3. The van der Waals surface area contributed by atoms with E-state index in [0.29, 0.717) is 24.9 Å². The van der Waals surface area contributed by atoms with Crippen molar-refractivity contribution in [3.05, 3.63) is 30.1 Å². The van der Waals surface area contributed by atoms with Crippen molar-refractivity contribution in [1.82, 2.24) is 19.8 Å². The average molecular weight is 431 g/mol. The lowest BCUT2D eigenvalue weighted by atomic mass is 9.90. The van der Waals surface area contributed by atoms with Crippen LogP contribution in [0.5, 0.6) is 0 Å². The molecule has 2 unspecified atom stereocenters. The van der Waals surface area contributed by atoms with Crippen LogP contribution in [0.3, 0.4) is 0 Å². The molecule has 172 valence electrons. The number of ether oxygens (including phenoxy) is 1. The number of methoxy groups -OCH3 is 1. The van der Waals surface area contributed by atoms with Crippen LogP contribution in [0.1, 0.15) is 50.7 Å². The van der Waals surface area contributed by atoms with Crippen molar-refractivity contribution in [3.8, 4) is 0 Å². The van der Waals surface area contributed by atoms with Gasteiger partial charge < -0.3 is 24.6 Å². The maximum absolute atomic E-state index is 13.9. The predicted molar refractivity (Wildman–Crippen MR) is 123 cm³/mol. The highest BCUT2D eigenvalue weighted by atomic mass is 16.5. The van der Waals surface area contributed by atoms with Crippen molar-refractivity contribution in [3.63, 3.8) is 0 Å². The number of nitrogens with zero attached hydrogens (tertiary/aromatic N) is 3. The molecular formula is C24H38N4O3. The summed E-state index contributed by atoms with van der Waals surface area (Å²) in [7, 11) is 1.71. The van der Waals surface area contributed by atoms with Crippen molar-refractivity contribution in [1.29, 1.82) is 0 Å². The van der Waals surface area contributed by atoms with Gasteiger partial charge in [-0.25, -0.2) is 4.98 Å². The standard InChI is InChI=1S/C24H38N4O3/c1-17(2)16-28(20-13-19(18(3)29)14-25-15-20)24(30)23-26-21-9-5-6-10-22(21)27(23)11-7-8-12-31-4/h5-6,9-10,17-20,25,29H,7-8,11-16H2,1-4H3/t18?,19-,20?/m0/s1. The third-order valence-corrected chi connectivity index (χ3v) is 6.13. The van der Waals surface area contributed by atoms with Crippen LogP contribution < -0.4 is 5.32 Å². The van der Waals surface area contributed by atoms with Crippen LogP contribution >= 0.6 is 0 Å². The van der Waals surface area contributed by atoms with E-state index in [4.69, 9.17) is 9.72 Å². The zero-order valence-electron chi connectivity index (χ0n) is 19.4. The van der Waals surface area contributed by atoms with E-state index in [1.165, 1.54) is 0 Å². The molecule has 3 rings (SSSR count). The number of para-hydroxylation sites is 2. The van der Waals surface area contributed by atoms with E-state index in [1.807, 2.05) is 36.1 Å². The minimum atomic E-state index is -0.392. The second-order valence-electron chi connectivity index (χ2n) is 9.18. The third kappa shape index (κ3) is 5.84. The number of fused-ring (bicyclic) bond motifs is 1. The molecule has 1 saturated heterocycles. The lowest BCUT2D eigenvalue weighted by Crippen LogP contribution is -2.54. The van der Waals surface area contributed by atoms with Crippen molar-refractivity contribution in [2.75, 3.05) is 33.4 Å². The molecule has 1 aromatic heterocycles. The van der Waals surface area contributed by atoms with Gasteiger partial charge in [-0.05, 0) is 50.2 Å². The minimum Gasteiger partial charge on any atom is -0.393 e. The second-order valence-corrected chi connectivity index (χ2v) is 9.18. The summed E-state index contributed by atoms with van der Waals surface area (Å²) in [6.07, 6.45) is 2.27. The van der Waals surface area contributed by atoms with Gasteiger partial charge in [0.25, 0.3) is 5.91 Å². The van der Waals surface area contributed by atoms with Gasteiger partial charge >= 0.3 is 0 Å². The fourth-order valence-corrected chi connectivity index (χ4v) is 4.46. The number of imidazole rings is 1. The van der Waals surface area contributed by atoms with Crippen LogP contribution in [0.4, 0.5) is 0 Å². The molecule has 1 amide bonds. The molecule has 1 fully saturated rings. The molecule has 0 spiro atoms. The fourth-order valence-electron chi connectivity index (χ4n) is 4.46.